The predicted molar refractivity (Wildman–Crippen MR) is 114 cm³/mol. The third-order valence-electron chi connectivity index (χ3n) is 5.75. The van der Waals surface area contributed by atoms with Crippen LogP contribution in [-0.2, 0) is 4.74 Å². The molecule has 29 heavy (non-hydrogen) atoms. The third-order valence-corrected chi connectivity index (χ3v) is 5.98. The Kier molecular flexibility index (Phi) is 6.65. The van der Waals surface area contributed by atoms with E-state index in [2.05, 4.69) is 16.0 Å². The quantitative estimate of drug-likeness (QED) is 0.558. The van der Waals surface area contributed by atoms with Crippen molar-refractivity contribution in [3.05, 3.63) is 51.8 Å². The average molecular weight is 419 g/mol. The van der Waals surface area contributed by atoms with Crippen LogP contribution in [0.2, 0.25) is 5.02 Å². The van der Waals surface area contributed by atoms with Gasteiger partial charge in [0.1, 0.15) is 0 Å². The Hall–Kier alpha value is -2.31. The molecular formula is C22H29ClN3O3+. The molecule has 0 bridgehead atoms. The van der Waals surface area contributed by atoms with Crippen LogP contribution in [-0.4, -0.2) is 55.6 Å². The number of esters is 1. The molecular weight excluding hydrogens is 390 g/mol. The summed E-state index contributed by atoms with van der Waals surface area (Å²) in [6.45, 7) is 11.1. The molecule has 1 atom stereocenters. The third kappa shape index (κ3) is 4.49. The highest BCUT2D eigenvalue weighted by atomic mass is 35.5. The number of aromatic nitrogens is 1. The second-order valence-corrected chi connectivity index (χ2v) is 7.99. The maximum Gasteiger partial charge on any atom is 0.340 e. The first-order valence-electron chi connectivity index (χ1n) is 10.1. The van der Waals surface area contributed by atoms with Crippen molar-refractivity contribution in [1.29, 1.82) is 0 Å². The van der Waals surface area contributed by atoms with Crippen LogP contribution in [0.3, 0.4) is 0 Å². The van der Waals surface area contributed by atoms with E-state index < -0.39 is 0 Å². The molecule has 1 aromatic carbocycles. The highest BCUT2D eigenvalue weighted by Crippen LogP contribution is 2.21. The molecule has 6 nitrogen and oxygen atoms in total. The number of halogens is 1. The molecule has 0 aliphatic carbocycles. The van der Waals surface area contributed by atoms with Gasteiger partial charge in [-0.05, 0) is 51.5 Å². The van der Waals surface area contributed by atoms with Gasteiger partial charge in [0.25, 0.3) is 0 Å². The molecule has 0 radical (unpaired) electrons. The normalized spacial score (nSPS) is 16.0. The summed E-state index contributed by atoms with van der Waals surface area (Å²) in [5.74, 6) is -0.347. The maximum atomic E-state index is 13.2. The van der Waals surface area contributed by atoms with Crippen molar-refractivity contribution in [2.24, 2.45) is 0 Å². The number of anilines is 1. The van der Waals surface area contributed by atoms with Gasteiger partial charge in [-0.1, -0.05) is 17.7 Å². The summed E-state index contributed by atoms with van der Waals surface area (Å²) in [5.41, 5.74) is 3.46. The van der Waals surface area contributed by atoms with E-state index in [-0.39, 0.29) is 17.8 Å². The van der Waals surface area contributed by atoms with E-state index in [0.29, 0.717) is 29.1 Å². The lowest BCUT2D eigenvalue weighted by Crippen LogP contribution is -3.18. The summed E-state index contributed by atoms with van der Waals surface area (Å²) in [6.07, 6.45) is 0. The number of aryl methyl sites for hydroxylation is 1. The molecule has 0 unspecified atom stereocenters. The van der Waals surface area contributed by atoms with Gasteiger partial charge in [0.05, 0.1) is 44.0 Å². The van der Waals surface area contributed by atoms with Crippen LogP contribution in [0.15, 0.2) is 24.3 Å². The van der Waals surface area contributed by atoms with Crippen molar-refractivity contribution in [3.63, 3.8) is 0 Å². The number of ketones is 1. The van der Waals surface area contributed by atoms with Crippen molar-refractivity contribution in [2.45, 2.75) is 33.7 Å². The number of piperazine rings is 1. The minimum absolute atomic E-state index is 0.0346. The summed E-state index contributed by atoms with van der Waals surface area (Å²) in [7, 11) is 0. The number of rotatable bonds is 6. The molecule has 2 aromatic rings. The Balaban J connectivity index is 1.69. The van der Waals surface area contributed by atoms with Crippen LogP contribution >= 0.6 is 11.6 Å². The van der Waals surface area contributed by atoms with Crippen molar-refractivity contribution in [3.8, 4) is 0 Å². The molecule has 0 amide bonds. The molecule has 156 valence electrons. The van der Waals surface area contributed by atoms with Gasteiger partial charge in [-0.25, -0.2) is 4.79 Å². The molecule has 0 spiro atoms. The first kappa shape index (κ1) is 21.4. The van der Waals surface area contributed by atoms with Gasteiger partial charge in [-0.3, -0.25) is 4.79 Å². The predicted octanol–water partition coefficient (Wildman–Crippen LogP) is 2.44. The largest absolute Gasteiger partial charge is 0.462 e. The summed E-state index contributed by atoms with van der Waals surface area (Å²) < 4.78 is 5.13. The van der Waals surface area contributed by atoms with E-state index in [0.717, 1.165) is 36.9 Å². The minimum atomic E-state index is -0.382. The number of hydrogen-bond donors (Lipinski definition) is 2. The van der Waals surface area contributed by atoms with E-state index in [4.69, 9.17) is 16.3 Å². The van der Waals surface area contributed by atoms with Crippen molar-refractivity contribution >= 4 is 29.0 Å². The fraction of sp³-hybridized carbons (Fsp3) is 0.455. The SMILES string of the molecule is CCOC(=O)c1c(C)[nH]c(C(=O)[C@H](C)[NH+]2CCN(c3cccc(Cl)c3)CC2)c1C. The van der Waals surface area contributed by atoms with Crippen molar-refractivity contribution < 1.29 is 19.2 Å². The second kappa shape index (κ2) is 9.01. The van der Waals surface area contributed by atoms with Crippen molar-refractivity contribution in [2.75, 3.05) is 37.7 Å². The van der Waals surface area contributed by atoms with E-state index in [1.54, 1.807) is 13.8 Å². The van der Waals surface area contributed by atoms with Gasteiger partial charge in [0.15, 0.2) is 6.04 Å². The summed E-state index contributed by atoms with van der Waals surface area (Å²) in [5, 5.41) is 0.732. The van der Waals surface area contributed by atoms with Crippen LogP contribution in [0.5, 0.6) is 0 Å². The maximum absolute atomic E-state index is 13.2. The molecule has 1 aromatic heterocycles. The van der Waals surface area contributed by atoms with E-state index >= 15 is 0 Å². The van der Waals surface area contributed by atoms with Gasteiger partial charge in [-0.15, -0.1) is 0 Å². The number of H-pyrrole nitrogens is 1. The molecule has 2 N–H and O–H groups in total. The van der Waals surface area contributed by atoms with Crippen LogP contribution in [0.4, 0.5) is 5.69 Å². The second-order valence-electron chi connectivity index (χ2n) is 7.56. The van der Waals surface area contributed by atoms with Crippen LogP contribution in [0.25, 0.3) is 0 Å². The van der Waals surface area contributed by atoms with E-state index in [9.17, 15) is 9.59 Å². The zero-order chi connectivity index (χ0) is 21.1. The average Bonchev–Trinajstić information content (AvgIpc) is 3.01. The number of carbonyl (C=O) groups is 2. The zero-order valence-corrected chi connectivity index (χ0v) is 18.2. The lowest BCUT2D eigenvalue weighted by Gasteiger charge is -2.36. The number of carbonyl (C=O) groups excluding carboxylic acids is 2. The number of nitrogens with zero attached hydrogens (tertiary/aromatic N) is 1. The van der Waals surface area contributed by atoms with Crippen LogP contribution < -0.4 is 9.80 Å². The van der Waals surface area contributed by atoms with Gasteiger partial charge in [0.2, 0.25) is 5.78 Å². The Bertz CT molecular complexity index is 901. The van der Waals surface area contributed by atoms with E-state index in [1.165, 1.54) is 4.90 Å². The monoisotopic (exact) mass is 418 g/mol. The molecule has 3 rings (SSSR count). The molecule has 1 fully saturated rings. The highest BCUT2D eigenvalue weighted by Gasteiger charge is 2.33. The lowest BCUT2D eigenvalue weighted by molar-refractivity contribution is -0.914. The number of benzene rings is 1. The number of ether oxygens (including phenoxy) is 1. The first-order valence-corrected chi connectivity index (χ1v) is 10.5. The number of nitrogens with one attached hydrogen (secondary N) is 2. The number of hydrogen-bond acceptors (Lipinski definition) is 4. The molecule has 1 aliphatic rings. The number of quaternary nitrogens is 1. The van der Waals surface area contributed by atoms with E-state index in [1.807, 2.05) is 32.0 Å². The Morgan fingerprint density at radius 2 is 1.97 bits per heavy atom. The van der Waals surface area contributed by atoms with Crippen LogP contribution in [0, 0.1) is 13.8 Å². The highest BCUT2D eigenvalue weighted by molar-refractivity contribution is 6.30. The number of aromatic amines is 1. The fourth-order valence-corrected chi connectivity index (χ4v) is 4.25. The smallest absolute Gasteiger partial charge is 0.340 e. The molecule has 1 saturated heterocycles. The fourth-order valence-electron chi connectivity index (χ4n) is 4.07. The number of Topliss-reactive ketones (excluding diaryl/α,β-unsaturated/α-hetero) is 1. The lowest BCUT2D eigenvalue weighted by atomic mass is 10.0. The minimum Gasteiger partial charge on any atom is -0.462 e. The standard InChI is InChI=1S/C22H28ClN3O3/c1-5-29-22(28)19-14(2)20(24-15(19)3)21(27)16(4)25-9-11-26(12-10-25)18-8-6-7-17(23)13-18/h6-8,13,16,24H,5,9-12H2,1-4H3/p+1/t16-/m0/s1. The summed E-state index contributed by atoms with van der Waals surface area (Å²) in [6, 6.07) is 7.68. The van der Waals surface area contributed by atoms with Crippen LogP contribution in [0.1, 0.15) is 46.0 Å². The van der Waals surface area contributed by atoms with Gasteiger partial charge < -0.3 is 19.5 Å². The Morgan fingerprint density at radius 3 is 2.59 bits per heavy atom. The zero-order valence-electron chi connectivity index (χ0n) is 17.5. The summed E-state index contributed by atoms with van der Waals surface area (Å²) in [4.78, 5) is 32.1. The molecule has 7 heteroatoms. The molecule has 1 aliphatic heterocycles. The van der Waals surface area contributed by atoms with Crippen molar-refractivity contribution in [1.82, 2.24) is 4.98 Å². The topological polar surface area (TPSA) is 66.8 Å². The Morgan fingerprint density at radius 1 is 1.28 bits per heavy atom. The van der Waals surface area contributed by atoms with Gasteiger partial charge in [0, 0.05) is 16.4 Å². The molecule has 0 saturated carbocycles. The summed E-state index contributed by atoms with van der Waals surface area (Å²) >= 11 is 6.11. The van der Waals surface area contributed by atoms with Gasteiger partial charge >= 0.3 is 5.97 Å². The Labute approximate surface area is 176 Å². The van der Waals surface area contributed by atoms with Gasteiger partial charge in [-0.2, -0.15) is 0 Å². The molecule has 2 heterocycles. The first-order chi connectivity index (χ1) is 13.8.